The smallest absolute Gasteiger partial charge is 0.258 e. The third-order valence-electron chi connectivity index (χ3n) is 5.36. The third kappa shape index (κ3) is 1.91. The van der Waals surface area contributed by atoms with E-state index in [1.54, 1.807) is 0 Å². The summed E-state index contributed by atoms with van der Waals surface area (Å²) in [6.45, 7) is 4.00. The first-order valence-corrected chi connectivity index (χ1v) is 9.22. The zero-order valence-corrected chi connectivity index (χ0v) is 15.1. The molecule has 1 aliphatic rings. The minimum absolute atomic E-state index is 0.321. The van der Waals surface area contributed by atoms with Crippen LogP contribution < -0.4 is 5.32 Å². The van der Waals surface area contributed by atoms with Crippen LogP contribution >= 0.6 is 0 Å². The lowest BCUT2D eigenvalue weighted by Gasteiger charge is -2.21. The van der Waals surface area contributed by atoms with Gasteiger partial charge in [-0.2, -0.15) is 0 Å². The molecule has 0 unspecified atom stereocenters. The maximum atomic E-state index is 12.3. The lowest BCUT2D eigenvalue weighted by molar-refractivity contribution is 0.0845. The summed E-state index contributed by atoms with van der Waals surface area (Å²) in [5, 5.41) is 11.1. The molecule has 130 valence electrons. The van der Waals surface area contributed by atoms with Crippen molar-refractivity contribution in [2.24, 2.45) is 0 Å². The van der Waals surface area contributed by atoms with E-state index in [0.29, 0.717) is 11.1 Å². The predicted octanol–water partition coefficient (Wildman–Crippen LogP) is 5.65. The number of benzene rings is 5. The summed E-state index contributed by atoms with van der Waals surface area (Å²) in [7, 11) is 0. The molecule has 6 rings (SSSR count). The number of hydrogen-bond donors (Lipinski definition) is 1. The highest BCUT2D eigenvalue weighted by atomic mass is 16.2. The molecular formula is C24H17NO2. The van der Waals surface area contributed by atoms with Gasteiger partial charge in [0.2, 0.25) is 0 Å². The van der Waals surface area contributed by atoms with Gasteiger partial charge >= 0.3 is 0 Å². The summed E-state index contributed by atoms with van der Waals surface area (Å²) in [6, 6.07) is 20.3. The van der Waals surface area contributed by atoms with Gasteiger partial charge in [0.25, 0.3) is 11.8 Å². The first kappa shape index (κ1) is 15.8. The standard InChI is InChI=1S/C22H11NO2.C2H6/c24-21-16-9-7-14-12-5-1-3-11-4-2-6-13(18(11)12)15-8-10-17(22(25)23-21)20(16)19(14)15;1-2/h1-10H,(H,23,24,25);1-2H3. The van der Waals surface area contributed by atoms with E-state index in [4.69, 9.17) is 0 Å². The van der Waals surface area contributed by atoms with E-state index in [1.165, 1.54) is 10.8 Å². The van der Waals surface area contributed by atoms with Crippen molar-refractivity contribution in [2.75, 3.05) is 0 Å². The van der Waals surface area contributed by atoms with Crippen LogP contribution in [0.25, 0.3) is 43.1 Å². The lowest BCUT2D eigenvalue weighted by Crippen LogP contribution is -2.34. The van der Waals surface area contributed by atoms with E-state index in [1.807, 2.05) is 38.1 Å². The van der Waals surface area contributed by atoms with Crippen LogP contribution in [0.1, 0.15) is 34.6 Å². The van der Waals surface area contributed by atoms with Crippen molar-refractivity contribution in [3.8, 4) is 0 Å². The molecule has 0 fully saturated rings. The van der Waals surface area contributed by atoms with E-state index < -0.39 is 0 Å². The SMILES string of the molecule is CC.O=C1NC(=O)c2ccc3c4cccc5cccc(c6ccc1c2c63)c54. The molecule has 3 heteroatoms. The number of rotatable bonds is 0. The molecule has 1 N–H and O–H groups in total. The minimum Gasteiger partial charge on any atom is -0.288 e. The van der Waals surface area contributed by atoms with Gasteiger partial charge in [0.1, 0.15) is 0 Å². The van der Waals surface area contributed by atoms with Crippen molar-refractivity contribution >= 4 is 54.9 Å². The highest BCUT2D eigenvalue weighted by Crippen LogP contribution is 2.42. The second-order valence-corrected chi connectivity index (χ2v) is 6.56. The van der Waals surface area contributed by atoms with Gasteiger partial charge in [-0.15, -0.1) is 0 Å². The number of nitrogens with one attached hydrogen (secondary N) is 1. The van der Waals surface area contributed by atoms with Gasteiger partial charge in [0.05, 0.1) is 0 Å². The Morgan fingerprint density at radius 2 is 1.04 bits per heavy atom. The largest absolute Gasteiger partial charge is 0.288 e. The zero-order chi connectivity index (χ0) is 18.7. The van der Waals surface area contributed by atoms with Crippen LogP contribution in [0, 0.1) is 0 Å². The fraction of sp³-hybridized carbons (Fsp3) is 0.0833. The Labute approximate surface area is 155 Å². The molecule has 27 heavy (non-hydrogen) atoms. The topological polar surface area (TPSA) is 46.2 Å². The molecule has 3 nitrogen and oxygen atoms in total. The highest BCUT2D eigenvalue weighted by Gasteiger charge is 2.27. The molecule has 0 saturated carbocycles. The molecular weight excluding hydrogens is 334 g/mol. The Morgan fingerprint density at radius 3 is 1.56 bits per heavy atom. The lowest BCUT2D eigenvalue weighted by atomic mass is 9.85. The fourth-order valence-corrected chi connectivity index (χ4v) is 4.35. The van der Waals surface area contributed by atoms with E-state index in [-0.39, 0.29) is 11.8 Å². The summed E-state index contributed by atoms with van der Waals surface area (Å²) in [4.78, 5) is 24.6. The second kappa shape index (κ2) is 5.52. The molecule has 0 saturated heterocycles. The third-order valence-corrected chi connectivity index (χ3v) is 5.36. The summed E-state index contributed by atoms with van der Waals surface area (Å²) in [5.41, 5.74) is 1.14. The summed E-state index contributed by atoms with van der Waals surface area (Å²) >= 11 is 0. The van der Waals surface area contributed by atoms with Gasteiger partial charge in [-0.1, -0.05) is 62.4 Å². The quantitative estimate of drug-likeness (QED) is 0.223. The van der Waals surface area contributed by atoms with Crippen LogP contribution in [0.4, 0.5) is 0 Å². The number of imide groups is 1. The van der Waals surface area contributed by atoms with Gasteiger partial charge in [0, 0.05) is 16.5 Å². The monoisotopic (exact) mass is 351 g/mol. The zero-order valence-electron chi connectivity index (χ0n) is 15.1. The van der Waals surface area contributed by atoms with Crippen LogP contribution in [0.2, 0.25) is 0 Å². The number of carbonyl (C=O) groups is 2. The Morgan fingerprint density at radius 1 is 0.556 bits per heavy atom. The molecule has 0 aliphatic carbocycles. The molecule has 5 aromatic rings. The van der Waals surface area contributed by atoms with Gasteiger partial charge in [-0.25, -0.2) is 0 Å². The summed E-state index contributed by atoms with van der Waals surface area (Å²) in [5.74, 6) is -0.642. The Hall–Kier alpha value is -3.46. The van der Waals surface area contributed by atoms with Gasteiger partial charge in [0.15, 0.2) is 0 Å². The molecule has 0 spiro atoms. The van der Waals surface area contributed by atoms with Gasteiger partial charge in [-0.3, -0.25) is 14.9 Å². The van der Waals surface area contributed by atoms with Crippen molar-refractivity contribution in [3.63, 3.8) is 0 Å². The van der Waals surface area contributed by atoms with Crippen LogP contribution in [-0.2, 0) is 0 Å². The first-order chi connectivity index (χ1) is 13.2. The van der Waals surface area contributed by atoms with Gasteiger partial charge in [-0.05, 0) is 49.8 Å². The molecule has 1 aliphatic heterocycles. The predicted molar refractivity (Wildman–Crippen MR) is 111 cm³/mol. The van der Waals surface area contributed by atoms with Crippen molar-refractivity contribution in [2.45, 2.75) is 13.8 Å². The molecule has 0 radical (unpaired) electrons. The number of hydrogen-bond acceptors (Lipinski definition) is 2. The van der Waals surface area contributed by atoms with Crippen molar-refractivity contribution in [1.82, 2.24) is 5.32 Å². The number of fused-ring (bicyclic) bond motifs is 2. The van der Waals surface area contributed by atoms with Crippen LogP contribution in [0.3, 0.4) is 0 Å². The molecule has 2 amide bonds. The summed E-state index contributed by atoms with van der Waals surface area (Å²) < 4.78 is 0. The van der Waals surface area contributed by atoms with E-state index in [2.05, 4.69) is 41.7 Å². The van der Waals surface area contributed by atoms with Crippen molar-refractivity contribution in [1.29, 1.82) is 0 Å². The van der Waals surface area contributed by atoms with Crippen LogP contribution in [0.15, 0.2) is 60.7 Å². The Bertz CT molecular complexity index is 1300. The van der Waals surface area contributed by atoms with Crippen molar-refractivity contribution < 1.29 is 9.59 Å². The molecule has 0 bridgehead atoms. The summed E-state index contributed by atoms with van der Waals surface area (Å²) in [6.07, 6.45) is 0. The minimum atomic E-state index is -0.321. The average molecular weight is 351 g/mol. The maximum absolute atomic E-state index is 12.3. The van der Waals surface area contributed by atoms with E-state index in [0.717, 1.165) is 32.3 Å². The molecule has 0 atom stereocenters. The van der Waals surface area contributed by atoms with Gasteiger partial charge < -0.3 is 0 Å². The van der Waals surface area contributed by atoms with Crippen molar-refractivity contribution in [3.05, 3.63) is 71.8 Å². The maximum Gasteiger partial charge on any atom is 0.258 e. The van der Waals surface area contributed by atoms with Crippen LogP contribution in [0.5, 0.6) is 0 Å². The number of amides is 2. The highest BCUT2D eigenvalue weighted by molar-refractivity contribution is 6.38. The van der Waals surface area contributed by atoms with E-state index in [9.17, 15) is 9.59 Å². The molecule has 1 heterocycles. The normalized spacial score (nSPS) is 13.3. The Kier molecular flexibility index (Phi) is 3.22. The van der Waals surface area contributed by atoms with E-state index >= 15 is 0 Å². The number of carbonyl (C=O) groups excluding carboxylic acids is 2. The van der Waals surface area contributed by atoms with Crippen LogP contribution in [-0.4, -0.2) is 11.8 Å². The molecule has 5 aromatic carbocycles. The first-order valence-electron chi connectivity index (χ1n) is 9.22. The Balaban J connectivity index is 0.000000777. The molecule has 0 aromatic heterocycles. The fourth-order valence-electron chi connectivity index (χ4n) is 4.35. The second-order valence-electron chi connectivity index (χ2n) is 6.56. The average Bonchev–Trinajstić information content (AvgIpc) is 2.72.